The van der Waals surface area contributed by atoms with E-state index in [1.165, 1.54) is 166 Å². The van der Waals surface area contributed by atoms with Gasteiger partial charge in [0.25, 0.3) is 0 Å². The second kappa shape index (κ2) is 37.6. The highest BCUT2D eigenvalue weighted by Crippen LogP contribution is 2.49. The van der Waals surface area contributed by atoms with Crippen LogP contribution in [0.2, 0.25) is 0 Å². The molecule has 3 unspecified atom stereocenters. The Balaban J connectivity index is 0.000000211. The number of allylic oxidation sites excluding steroid dienone is 5. The fourth-order valence-corrected chi connectivity index (χ4v) is 14.0. The van der Waals surface area contributed by atoms with Gasteiger partial charge in [-0.1, -0.05) is 58.6 Å². The number of alkyl halides is 1. The third-order valence-corrected chi connectivity index (χ3v) is 18.6. The molecule has 7 aliphatic heterocycles. The van der Waals surface area contributed by atoms with Crippen molar-refractivity contribution in [2.24, 2.45) is 23.5 Å². The van der Waals surface area contributed by atoms with Gasteiger partial charge in [0.15, 0.2) is 28.9 Å². The number of Topliss-reactive ketones (excluding diaryl/α,β-unsaturated/α-hetero) is 1. The van der Waals surface area contributed by atoms with Crippen LogP contribution in [0.1, 0.15) is 206 Å². The van der Waals surface area contributed by atoms with Gasteiger partial charge in [0.2, 0.25) is 0 Å². The van der Waals surface area contributed by atoms with Gasteiger partial charge in [-0.3, -0.25) is 28.9 Å². The van der Waals surface area contributed by atoms with Crippen LogP contribution in [0.3, 0.4) is 0 Å². The van der Waals surface area contributed by atoms with Crippen LogP contribution in [0.5, 0.6) is 0 Å². The first-order valence-corrected chi connectivity index (χ1v) is 31.4. The molecule has 0 aromatic carbocycles. The summed E-state index contributed by atoms with van der Waals surface area (Å²) in [6, 6.07) is 3.37. The Hall–Kier alpha value is -3.42. The number of fused-ring (bicyclic) bond motifs is 2. The molecule has 2 aliphatic carbocycles. The summed E-state index contributed by atoms with van der Waals surface area (Å²) >= 11 is 0. The molecular weight excluding hydrogens is 976 g/mol. The zero-order valence-electron chi connectivity index (χ0n) is 49.6. The largest absolute Gasteiger partial charge is 0.396 e. The van der Waals surface area contributed by atoms with Crippen molar-refractivity contribution in [3.05, 3.63) is 62.9 Å². The molecule has 0 amide bonds. The van der Waals surface area contributed by atoms with Crippen molar-refractivity contribution in [2.45, 2.75) is 236 Å². The highest BCUT2D eigenvalue weighted by molar-refractivity contribution is 5.93. The number of carbonyl (C=O) groups is 5. The van der Waals surface area contributed by atoms with Gasteiger partial charge in [0.05, 0.1) is 5.70 Å². The Morgan fingerprint density at radius 3 is 1.31 bits per heavy atom. The molecule has 442 valence electrons. The summed E-state index contributed by atoms with van der Waals surface area (Å²) in [5.41, 5.74) is 4.53. The number of carbonyl (C=O) groups excluding carboxylic acids is 5. The molecule has 11 nitrogen and oxygen atoms in total. The summed E-state index contributed by atoms with van der Waals surface area (Å²) in [4.78, 5) is 68.1. The molecule has 6 bridgehead atoms. The zero-order chi connectivity index (χ0) is 56.7. The van der Waals surface area contributed by atoms with Gasteiger partial charge >= 0.3 is 0 Å². The lowest BCUT2D eigenvalue weighted by atomic mass is 9.63. The maximum absolute atomic E-state index is 13.7. The third kappa shape index (κ3) is 26.4. The number of hydrogen-bond acceptors (Lipinski definition) is 11. The highest BCUT2D eigenvalue weighted by Gasteiger charge is 2.46. The summed E-state index contributed by atoms with van der Waals surface area (Å²) < 4.78 is 13.7. The van der Waals surface area contributed by atoms with Crippen LogP contribution >= 0.6 is 0 Å². The van der Waals surface area contributed by atoms with Gasteiger partial charge in [0.1, 0.15) is 5.67 Å². The van der Waals surface area contributed by atoms with Crippen molar-refractivity contribution in [3.63, 3.8) is 0 Å². The highest BCUT2D eigenvalue weighted by atomic mass is 19.1. The Morgan fingerprint density at radius 2 is 0.885 bits per heavy atom. The van der Waals surface area contributed by atoms with Gasteiger partial charge in [-0.15, -0.1) is 0 Å². The van der Waals surface area contributed by atoms with E-state index in [9.17, 15) is 28.4 Å². The summed E-state index contributed by atoms with van der Waals surface area (Å²) in [6.07, 6.45) is 40.6. The first-order valence-electron chi connectivity index (χ1n) is 31.4. The number of ketones is 5. The number of halogens is 1. The van der Waals surface area contributed by atoms with Crippen LogP contribution in [0, 0.1) is 17.8 Å². The zero-order valence-corrected chi connectivity index (χ0v) is 49.6. The fourth-order valence-electron chi connectivity index (χ4n) is 14.0. The number of piperidine rings is 3. The van der Waals surface area contributed by atoms with Gasteiger partial charge in [-0.05, 0) is 256 Å². The molecule has 9 fully saturated rings. The summed E-state index contributed by atoms with van der Waals surface area (Å²) in [6.45, 7) is 29.9. The SMILES string of the molecule is C=C(N)C(=O)CCCN1CCCCCC1.C=CC(=O)CCCC1CC2CCC(C1)N2C.C=CC(=O)CCCN1C2CC3CC(C2)CC1C3.C=CC(=O)CCCN1CCCC(C)(F)CC1.C=CC(=O)CCCN1CCCCCC1. The average molecular weight is 1090 g/mol. The minimum absolute atomic E-state index is 0.00446. The average Bonchev–Trinajstić information content (AvgIpc) is 3.87. The summed E-state index contributed by atoms with van der Waals surface area (Å²) in [7, 11) is 2.28. The van der Waals surface area contributed by atoms with E-state index in [0.717, 1.165) is 120 Å². The lowest BCUT2D eigenvalue weighted by Crippen LogP contribution is -2.58. The molecule has 3 atom stereocenters. The molecule has 0 aromatic heterocycles. The van der Waals surface area contributed by atoms with Crippen molar-refractivity contribution < 1.29 is 28.4 Å². The molecule has 9 aliphatic rings. The predicted octanol–water partition coefficient (Wildman–Crippen LogP) is 12.4. The van der Waals surface area contributed by atoms with E-state index in [4.69, 9.17) is 5.73 Å². The van der Waals surface area contributed by atoms with E-state index < -0.39 is 5.67 Å². The second-order valence-electron chi connectivity index (χ2n) is 24.9. The smallest absolute Gasteiger partial charge is 0.177 e. The Kier molecular flexibility index (Phi) is 32.3. The van der Waals surface area contributed by atoms with E-state index in [1.807, 2.05) is 0 Å². The van der Waals surface area contributed by atoms with Gasteiger partial charge in [0, 0.05) is 62.8 Å². The van der Waals surface area contributed by atoms with Crippen LogP contribution in [0.15, 0.2) is 62.9 Å². The number of hydrogen-bond donors (Lipinski definition) is 1. The Morgan fingerprint density at radius 1 is 0.500 bits per heavy atom. The van der Waals surface area contributed by atoms with E-state index in [2.05, 4.69) is 64.4 Å². The van der Waals surface area contributed by atoms with Gasteiger partial charge in [-0.2, -0.15) is 0 Å². The predicted molar refractivity (Wildman–Crippen MR) is 321 cm³/mol. The molecule has 9 rings (SSSR count). The molecule has 0 radical (unpaired) electrons. The van der Waals surface area contributed by atoms with E-state index in [0.29, 0.717) is 44.9 Å². The molecule has 12 heteroatoms. The fraction of sp³-hybridized carbons (Fsp3) is 0.773. The monoisotopic (exact) mass is 1090 g/mol. The Labute approximate surface area is 474 Å². The van der Waals surface area contributed by atoms with Crippen LogP contribution in [0.25, 0.3) is 0 Å². The number of nitrogens with zero attached hydrogens (tertiary/aromatic N) is 5. The molecule has 78 heavy (non-hydrogen) atoms. The van der Waals surface area contributed by atoms with Crippen molar-refractivity contribution >= 4 is 28.9 Å². The van der Waals surface area contributed by atoms with Crippen molar-refractivity contribution in [1.82, 2.24) is 24.5 Å². The van der Waals surface area contributed by atoms with Gasteiger partial charge < -0.3 is 25.3 Å². The van der Waals surface area contributed by atoms with E-state index in [-0.39, 0.29) is 34.6 Å². The molecule has 7 heterocycles. The molecule has 7 saturated heterocycles. The number of nitrogens with two attached hydrogens (primary N) is 1. The molecule has 0 aromatic rings. The summed E-state index contributed by atoms with van der Waals surface area (Å²) in [5, 5.41) is 0. The van der Waals surface area contributed by atoms with Crippen LogP contribution in [-0.4, -0.2) is 156 Å². The molecule has 0 spiro atoms. The topological polar surface area (TPSA) is 128 Å². The third-order valence-electron chi connectivity index (χ3n) is 18.6. The van der Waals surface area contributed by atoms with Crippen LogP contribution in [0.4, 0.5) is 4.39 Å². The second-order valence-corrected chi connectivity index (χ2v) is 24.9. The quantitative estimate of drug-likeness (QED) is 0.0878. The lowest BCUT2D eigenvalue weighted by Gasteiger charge is -2.56. The molecule has 2 saturated carbocycles. The first kappa shape index (κ1) is 67.1. The van der Waals surface area contributed by atoms with Gasteiger partial charge in [-0.25, -0.2) is 4.39 Å². The molecule has 2 N–H and O–H groups in total. The minimum Gasteiger partial charge on any atom is -0.396 e. The number of likely N-dealkylation sites (tertiary alicyclic amines) is 3. The van der Waals surface area contributed by atoms with E-state index in [1.54, 1.807) is 6.92 Å². The minimum atomic E-state index is -0.994. The van der Waals surface area contributed by atoms with Crippen molar-refractivity contribution in [1.29, 1.82) is 0 Å². The van der Waals surface area contributed by atoms with Crippen molar-refractivity contribution in [3.8, 4) is 0 Å². The van der Waals surface area contributed by atoms with Crippen LogP contribution in [-0.2, 0) is 24.0 Å². The first-order chi connectivity index (χ1) is 37.5. The van der Waals surface area contributed by atoms with Crippen molar-refractivity contribution in [2.75, 3.05) is 72.5 Å². The Bertz CT molecular complexity index is 1810. The van der Waals surface area contributed by atoms with E-state index >= 15 is 0 Å². The standard InChI is InChI=1S/C15H23NO.C14H23NO.C13H22FNO.C12H22N2O.C12H21NO/c1-2-15(17)4-3-5-16-13-7-11-6-12(9-13)10-14(16)8-11;1-3-14(16)6-4-5-11-9-12-7-8-13(10-11)15(12)2;1-3-12(16)6-4-9-15-10-5-7-13(2,14)8-11-15;1-11(13)12(15)7-6-10-14-8-4-2-3-5-9-14;1-2-12(14)8-7-11-13-9-5-3-4-6-10-13/h2,11-14H,1,3-10H2;3,11-13H,1,4-10H2,2H3;3H,1,4-11H2,2H3;1-10,13H2;2H,1,3-11H2. The number of rotatable bonds is 25. The summed E-state index contributed by atoms with van der Waals surface area (Å²) in [5.74, 6) is 3.62. The maximum atomic E-state index is 13.7. The molecular formula is C66H111FN6O5. The lowest BCUT2D eigenvalue weighted by molar-refractivity contribution is -0.116. The van der Waals surface area contributed by atoms with Crippen LogP contribution < -0.4 is 5.73 Å². The maximum Gasteiger partial charge on any atom is 0.177 e. The normalized spacial score (nSPS) is 28.1.